The van der Waals surface area contributed by atoms with Crippen LogP contribution in [0, 0.1) is 17.2 Å². The lowest BCUT2D eigenvalue weighted by atomic mass is 9.86. The fraction of sp³-hybridized carbons (Fsp3) is 0.833. The average molecular weight is 443 g/mol. The third-order valence-corrected chi connectivity index (χ3v) is 8.65. The van der Waals surface area contributed by atoms with Crippen LogP contribution in [0.2, 0.25) is 0 Å². The fourth-order valence-electron chi connectivity index (χ4n) is 4.68. The summed E-state index contributed by atoms with van der Waals surface area (Å²) in [7, 11) is -2.42. The molecule has 3 saturated heterocycles. The van der Waals surface area contributed by atoms with Crippen LogP contribution in [0.25, 0.3) is 0 Å². The first-order valence-electron chi connectivity index (χ1n) is 10.2. The van der Waals surface area contributed by atoms with E-state index in [4.69, 9.17) is 10.00 Å². The number of fused-ring (bicyclic) bond motifs is 1. The van der Waals surface area contributed by atoms with Crippen molar-refractivity contribution in [3.63, 3.8) is 0 Å². The molecule has 0 aromatic rings. The van der Waals surface area contributed by atoms with Gasteiger partial charge in [0.2, 0.25) is 15.9 Å². The molecule has 6 unspecified atom stereocenters. The summed E-state index contributed by atoms with van der Waals surface area (Å²) in [6.07, 6.45) is 0.797. The maximum absolute atomic E-state index is 13.0. The molecule has 3 amide bonds. The Bertz CT molecular complexity index is 814. The Morgan fingerprint density at radius 1 is 1.43 bits per heavy atom. The molecule has 168 valence electrons. The second-order valence-corrected chi connectivity index (χ2v) is 10.2. The number of hydrogen-bond acceptors (Lipinski definition) is 8. The van der Waals surface area contributed by atoms with E-state index in [2.05, 4.69) is 27.3 Å². The van der Waals surface area contributed by atoms with Gasteiger partial charge < -0.3 is 26.0 Å². The third-order valence-electron chi connectivity index (χ3n) is 6.32. The highest BCUT2D eigenvalue weighted by Crippen LogP contribution is 2.26. The smallest absolute Gasteiger partial charge is 0.331 e. The molecule has 0 radical (unpaired) electrons. The van der Waals surface area contributed by atoms with Crippen LogP contribution >= 0.6 is 0 Å². The van der Waals surface area contributed by atoms with Crippen molar-refractivity contribution in [2.24, 2.45) is 5.92 Å². The molecule has 7 atom stereocenters. The monoisotopic (exact) mass is 442 g/mol. The van der Waals surface area contributed by atoms with Crippen molar-refractivity contribution in [1.29, 1.82) is 5.26 Å². The number of carbonyl (C=O) groups is 2. The predicted octanol–water partition coefficient (Wildman–Crippen LogP) is -1.52. The zero-order chi connectivity index (χ0) is 22.1. The van der Waals surface area contributed by atoms with Crippen molar-refractivity contribution in [2.45, 2.75) is 62.2 Å². The Morgan fingerprint density at radius 3 is 2.83 bits per heavy atom. The van der Waals surface area contributed by atoms with E-state index in [1.54, 1.807) is 21.0 Å². The number of piperidine rings is 2. The number of ether oxygens (including phenoxy) is 1. The first-order chi connectivity index (χ1) is 14.2. The van der Waals surface area contributed by atoms with Gasteiger partial charge in [-0.1, -0.05) is 0 Å². The molecule has 0 spiro atoms. The van der Waals surface area contributed by atoms with E-state index < -0.39 is 39.8 Å². The lowest BCUT2D eigenvalue weighted by Crippen LogP contribution is -2.70. The van der Waals surface area contributed by atoms with Crippen LogP contribution in [0.5, 0.6) is 0 Å². The quantitative estimate of drug-likeness (QED) is 0.401. The molecule has 0 aromatic heterocycles. The molecule has 3 aliphatic heterocycles. The molecule has 4 N–H and O–H groups in total. The van der Waals surface area contributed by atoms with Crippen molar-refractivity contribution in [3.8, 4) is 6.07 Å². The van der Waals surface area contributed by atoms with E-state index in [1.165, 1.54) is 0 Å². The van der Waals surface area contributed by atoms with Crippen LogP contribution < -0.4 is 21.3 Å². The molecule has 0 aromatic carbocycles. The first kappa shape index (κ1) is 22.7. The summed E-state index contributed by atoms with van der Waals surface area (Å²) in [6.45, 7) is 4.10. The molecule has 30 heavy (non-hydrogen) atoms. The summed E-state index contributed by atoms with van der Waals surface area (Å²) in [5, 5.41) is 20.0. The van der Waals surface area contributed by atoms with Gasteiger partial charge in [-0.05, 0) is 26.8 Å². The van der Waals surface area contributed by atoms with E-state index in [0.717, 1.165) is 0 Å². The number of amides is 3. The predicted molar refractivity (Wildman–Crippen MR) is 108 cm³/mol. The Balaban J connectivity index is 1.65. The second kappa shape index (κ2) is 9.05. The summed E-state index contributed by atoms with van der Waals surface area (Å²) < 4.78 is 32.2. The highest BCUT2D eigenvalue weighted by Gasteiger charge is 2.50. The minimum atomic E-state index is -3.98. The van der Waals surface area contributed by atoms with Gasteiger partial charge in [-0.3, -0.25) is 4.79 Å². The maximum atomic E-state index is 13.0. The van der Waals surface area contributed by atoms with Crippen LogP contribution in [0.4, 0.5) is 4.79 Å². The Hall–Kier alpha value is -1.94. The van der Waals surface area contributed by atoms with Gasteiger partial charge in [0.05, 0.1) is 24.3 Å². The van der Waals surface area contributed by atoms with Crippen LogP contribution in [0.1, 0.15) is 26.7 Å². The van der Waals surface area contributed by atoms with E-state index >= 15 is 0 Å². The van der Waals surface area contributed by atoms with Crippen molar-refractivity contribution >= 4 is 22.0 Å². The molecular weight excluding hydrogens is 412 g/mol. The topological polar surface area (TPSA) is 153 Å². The van der Waals surface area contributed by atoms with E-state index in [0.29, 0.717) is 30.2 Å². The molecule has 12 heteroatoms. The van der Waals surface area contributed by atoms with Crippen LogP contribution in [-0.2, 0) is 19.6 Å². The lowest BCUT2D eigenvalue weighted by Gasteiger charge is -2.44. The van der Waals surface area contributed by atoms with Gasteiger partial charge in [0.1, 0.15) is 11.8 Å². The number of nitrogens with one attached hydrogen (secondary N) is 4. The molecule has 0 saturated carbocycles. The number of carbonyl (C=O) groups excluding carboxylic acids is 2. The van der Waals surface area contributed by atoms with E-state index in [-0.39, 0.29) is 30.1 Å². The summed E-state index contributed by atoms with van der Waals surface area (Å²) >= 11 is 0. The van der Waals surface area contributed by atoms with Gasteiger partial charge in [-0.2, -0.15) is 5.26 Å². The number of nitriles is 1. The van der Waals surface area contributed by atoms with Crippen LogP contribution in [0.15, 0.2) is 0 Å². The number of rotatable bonds is 5. The molecule has 3 fully saturated rings. The minimum absolute atomic E-state index is 0.0951. The Morgan fingerprint density at radius 2 is 2.17 bits per heavy atom. The summed E-state index contributed by atoms with van der Waals surface area (Å²) in [6, 6.07) is -0.0412. The fourth-order valence-corrected chi connectivity index (χ4v) is 6.78. The van der Waals surface area contributed by atoms with Gasteiger partial charge in [0, 0.05) is 38.1 Å². The highest BCUT2D eigenvalue weighted by molar-refractivity contribution is 7.90. The first-order valence-corrected chi connectivity index (χ1v) is 11.7. The third kappa shape index (κ3) is 4.39. The van der Waals surface area contributed by atoms with Crippen molar-refractivity contribution in [1.82, 2.24) is 25.6 Å². The Kier molecular flexibility index (Phi) is 6.86. The molecule has 3 aliphatic rings. The van der Waals surface area contributed by atoms with Gasteiger partial charge in [0.25, 0.3) is 0 Å². The van der Waals surface area contributed by atoms with E-state index in [9.17, 15) is 18.0 Å². The Labute approximate surface area is 176 Å². The largest absolute Gasteiger partial charge is 0.381 e. The number of methoxy groups -OCH3 is 1. The van der Waals surface area contributed by atoms with Crippen LogP contribution in [-0.4, -0.2) is 86.9 Å². The molecule has 0 aliphatic carbocycles. The summed E-state index contributed by atoms with van der Waals surface area (Å²) in [5.41, 5.74) is 0. The van der Waals surface area contributed by atoms with Gasteiger partial charge >= 0.3 is 6.03 Å². The van der Waals surface area contributed by atoms with Crippen molar-refractivity contribution in [2.75, 3.05) is 26.7 Å². The van der Waals surface area contributed by atoms with Crippen molar-refractivity contribution < 1.29 is 22.7 Å². The molecule has 3 heterocycles. The molecular formula is C18H30N6O5S. The zero-order valence-electron chi connectivity index (χ0n) is 17.4. The number of nitrogens with zero attached hydrogens (tertiary/aromatic N) is 2. The van der Waals surface area contributed by atoms with Crippen LogP contribution in [0.3, 0.4) is 0 Å². The second-order valence-electron chi connectivity index (χ2n) is 8.22. The summed E-state index contributed by atoms with van der Waals surface area (Å²) in [5.74, 6) is -0.657. The minimum Gasteiger partial charge on any atom is -0.381 e. The van der Waals surface area contributed by atoms with Crippen molar-refractivity contribution in [3.05, 3.63) is 0 Å². The standard InChI is InChI=1S/C18H30N6O5S/c1-10(13-8-21-12(7-19)6-15(13)29-3)22-16(25)9-24-18(26)23-14-4-5-20-11(2)17(14)30(24,27)28/h10-15,17,20-21H,4-6,8-9H2,1-3H3,(H,22,25)(H,23,26)/t10-,11?,12?,13?,14?,15?,17?/m0/s1. The normalized spacial score (nSPS) is 36.7. The number of hydrogen-bond donors (Lipinski definition) is 4. The van der Waals surface area contributed by atoms with Gasteiger partial charge in [-0.25, -0.2) is 17.5 Å². The number of urea groups is 1. The van der Waals surface area contributed by atoms with Gasteiger partial charge in [-0.15, -0.1) is 0 Å². The SMILES string of the molecule is COC1CC(C#N)NCC1[C@H](C)NC(=O)CN1C(=O)NC2CCNC(C)C2S1(=O)=O. The zero-order valence-corrected chi connectivity index (χ0v) is 18.2. The van der Waals surface area contributed by atoms with Gasteiger partial charge in [0.15, 0.2) is 0 Å². The molecule has 0 bridgehead atoms. The maximum Gasteiger partial charge on any atom is 0.331 e. The molecule has 3 rings (SSSR count). The number of sulfonamides is 1. The highest BCUT2D eigenvalue weighted by atomic mass is 32.2. The lowest BCUT2D eigenvalue weighted by molar-refractivity contribution is -0.122. The average Bonchev–Trinajstić information content (AvgIpc) is 2.70. The summed E-state index contributed by atoms with van der Waals surface area (Å²) in [4.78, 5) is 25.1. The molecule has 11 nitrogen and oxygen atoms in total. The van der Waals surface area contributed by atoms with E-state index in [1.807, 2.05) is 0 Å².